The van der Waals surface area contributed by atoms with E-state index in [2.05, 4.69) is 13.8 Å². The molecule has 1 rings (SSSR count). The van der Waals surface area contributed by atoms with Crippen LogP contribution >= 0.6 is 12.4 Å². The van der Waals surface area contributed by atoms with E-state index in [1.807, 2.05) is 0 Å². The summed E-state index contributed by atoms with van der Waals surface area (Å²) in [7, 11) is 1.57. The lowest BCUT2D eigenvalue weighted by atomic mass is 9.97. The third-order valence-electron chi connectivity index (χ3n) is 2.32. The van der Waals surface area contributed by atoms with Gasteiger partial charge < -0.3 is 10.5 Å². The summed E-state index contributed by atoms with van der Waals surface area (Å²) in [6.07, 6.45) is 0.819. The third-order valence-corrected chi connectivity index (χ3v) is 2.32. The Morgan fingerprint density at radius 3 is 2.50 bits per heavy atom. The zero-order valence-electron chi connectivity index (χ0n) is 9.87. The van der Waals surface area contributed by atoms with Gasteiger partial charge in [0.15, 0.2) is 0 Å². The van der Waals surface area contributed by atoms with E-state index in [-0.39, 0.29) is 24.3 Å². The topological polar surface area (TPSA) is 35.2 Å². The van der Waals surface area contributed by atoms with Crippen molar-refractivity contribution in [1.29, 1.82) is 0 Å². The molecule has 0 radical (unpaired) electrons. The minimum absolute atomic E-state index is 0. The molecule has 0 aliphatic rings. The Morgan fingerprint density at radius 2 is 2.00 bits per heavy atom. The van der Waals surface area contributed by atoms with Crippen molar-refractivity contribution in [3.8, 4) is 5.75 Å². The van der Waals surface area contributed by atoms with Crippen LogP contribution in [0.1, 0.15) is 31.9 Å². The van der Waals surface area contributed by atoms with Crippen molar-refractivity contribution in [2.24, 2.45) is 11.7 Å². The maximum absolute atomic E-state index is 13.1. The summed E-state index contributed by atoms with van der Waals surface area (Å²) in [5, 5.41) is 0. The highest BCUT2D eigenvalue weighted by molar-refractivity contribution is 5.85. The fourth-order valence-corrected chi connectivity index (χ4v) is 1.63. The molecule has 0 aromatic heterocycles. The molecule has 0 saturated carbocycles. The number of ether oxygens (including phenoxy) is 1. The molecule has 2 nitrogen and oxygen atoms in total. The Kier molecular flexibility index (Phi) is 6.38. The molecule has 0 bridgehead atoms. The first-order chi connectivity index (χ1) is 7.04. The number of rotatable bonds is 4. The van der Waals surface area contributed by atoms with Crippen molar-refractivity contribution in [1.82, 2.24) is 0 Å². The van der Waals surface area contributed by atoms with E-state index < -0.39 is 0 Å². The summed E-state index contributed by atoms with van der Waals surface area (Å²) in [6, 6.07) is 4.27. The molecule has 0 amide bonds. The molecule has 0 aliphatic heterocycles. The lowest BCUT2D eigenvalue weighted by Crippen LogP contribution is -2.14. The van der Waals surface area contributed by atoms with Crippen LogP contribution in [0.15, 0.2) is 18.2 Å². The molecule has 2 N–H and O–H groups in total. The van der Waals surface area contributed by atoms with Crippen molar-refractivity contribution in [2.75, 3.05) is 7.11 Å². The lowest BCUT2D eigenvalue weighted by Gasteiger charge is -2.17. The van der Waals surface area contributed by atoms with Gasteiger partial charge in [-0.25, -0.2) is 4.39 Å². The van der Waals surface area contributed by atoms with Crippen molar-refractivity contribution in [2.45, 2.75) is 26.3 Å². The smallest absolute Gasteiger partial charge is 0.123 e. The van der Waals surface area contributed by atoms with Crippen LogP contribution in [-0.4, -0.2) is 7.11 Å². The van der Waals surface area contributed by atoms with Crippen LogP contribution in [0.4, 0.5) is 4.39 Å². The Hall–Kier alpha value is -0.800. The summed E-state index contributed by atoms with van der Waals surface area (Å²) in [6.45, 7) is 4.18. The van der Waals surface area contributed by atoms with Crippen LogP contribution in [0.25, 0.3) is 0 Å². The van der Waals surface area contributed by atoms with Crippen LogP contribution in [0.3, 0.4) is 0 Å². The van der Waals surface area contributed by atoms with Gasteiger partial charge in [0.25, 0.3) is 0 Å². The van der Waals surface area contributed by atoms with Gasteiger partial charge in [0, 0.05) is 11.6 Å². The van der Waals surface area contributed by atoms with Crippen molar-refractivity contribution < 1.29 is 9.13 Å². The van der Waals surface area contributed by atoms with Gasteiger partial charge in [-0.2, -0.15) is 0 Å². The molecule has 0 heterocycles. The molecular weight excluding hydrogens is 229 g/mol. The normalized spacial score (nSPS) is 12.1. The maximum Gasteiger partial charge on any atom is 0.123 e. The summed E-state index contributed by atoms with van der Waals surface area (Å²) < 4.78 is 18.2. The van der Waals surface area contributed by atoms with Gasteiger partial charge in [0.2, 0.25) is 0 Å². The highest BCUT2D eigenvalue weighted by Gasteiger charge is 2.14. The van der Waals surface area contributed by atoms with E-state index >= 15 is 0 Å². The number of methoxy groups -OCH3 is 1. The second-order valence-corrected chi connectivity index (χ2v) is 4.12. The van der Waals surface area contributed by atoms with Crippen LogP contribution in [0.5, 0.6) is 5.75 Å². The first-order valence-electron chi connectivity index (χ1n) is 5.13. The first kappa shape index (κ1) is 15.2. The molecule has 0 fully saturated rings. The van der Waals surface area contributed by atoms with Gasteiger partial charge in [-0.05, 0) is 30.5 Å². The molecule has 1 aromatic carbocycles. The fourth-order valence-electron chi connectivity index (χ4n) is 1.63. The summed E-state index contributed by atoms with van der Waals surface area (Å²) >= 11 is 0. The maximum atomic E-state index is 13.1. The Labute approximate surface area is 102 Å². The number of benzene rings is 1. The monoisotopic (exact) mass is 247 g/mol. The standard InChI is InChI=1S/C12H18FNO.ClH/c1-8(2)6-11(14)10-7-9(13)4-5-12(10)15-3;/h4-5,7-8,11H,6,14H2,1-3H3;1H/t11-;/m0./s1. The second-order valence-electron chi connectivity index (χ2n) is 4.12. The van der Waals surface area contributed by atoms with Crippen LogP contribution in [-0.2, 0) is 0 Å². The van der Waals surface area contributed by atoms with E-state index in [9.17, 15) is 4.39 Å². The minimum atomic E-state index is -0.273. The third kappa shape index (κ3) is 3.99. The van der Waals surface area contributed by atoms with Crippen molar-refractivity contribution >= 4 is 12.4 Å². The van der Waals surface area contributed by atoms with Gasteiger partial charge in [-0.3, -0.25) is 0 Å². The van der Waals surface area contributed by atoms with Crippen LogP contribution < -0.4 is 10.5 Å². The molecule has 0 spiro atoms. The average Bonchev–Trinajstić information content (AvgIpc) is 2.16. The van der Waals surface area contributed by atoms with Gasteiger partial charge >= 0.3 is 0 Å². The second kappa shape index (κ2) is 6.71. The number of nitrogens with two attached hydrogens (primary N) is 1. The molecule has 92 valence electrons. The van der Waals surface area contributed by atoms with E-state index in [0.29, 0.717) is 11.7 Å². The predicted molar refractivity (Wildman–Crippen MR) is 66.6 cm³/mol. The fraction of sp³-hybridized carbons (Fsp3) is 0.500. The SMILES string of the molecule is COc1ccc(F)cc1[C@@H](N)CC(C)C.Cl. The summed E-state index contributed by atoms with van der Waals surface area (Å²) in [5.41, 5.74) is 6.74. The first-order valence-corrected chi connectivity index (χ1v) is 5.13. The molecule has 0 saturated heterocycles. The lowest BCUT2D eigenvalue weighted by molar-refractivity contribution is 0.397. The average molecular weight is 248 g/mol. The van der Waals surface area contributed by atoms with Crippen LogP contribution in [0, 0.1) is 11.7 Å². The quantitative estimate of drug-likeness (QED) is 0.886. The van der Waals surface area contributed by atoms with Gasteiger partial charge in [-0.15, -0.1) is 12.4 Å². The largest absolute Gasteiger partial charge is 0.496 e. The molecule has 16 heavy (non-hydrogen) atoms. The van der Waals surface area contributed by atoms with E-state index in [1.54, 1.807) is 13.2 Å². The zero-order valence-corrected chi connectivity index (χ0v) is 10.7. The number of hydrogen-bond acceptors (Lipinski definition) is 2. The van der Waals surface area contributed by atoms with E-state index in [1.165, 1.54) is 12.1 Å². The van der Waals surface area contributed by atoms with Gasteiger partial charge in [0.05, 0.1) is 7.11 Å². The highest BCUT2D eigenvalue weighted by atomic mass is 35.5. The minimum Gasteiger partial charge on any atom is -0.496 e. The molecule has 0 unspecified atom stereocenters. The summed E-state index contributed by atoms with van der Waals surface area (Å²) in [5.74, 6) is 0.863. The molecule has 0 aliphatic carbocycles. The Bertz CT molecular complexity index is 331. The molecule has 4 heteroatoms. The Balaban J connectivity index is 0.00000225. The number of hydrogen-bond donors (Lipinski definition) is 1. The molecule has 1 atom stereocenters. The number of halogens is 2. The van der Waals surface area contributed by atoms with Crippen molar-refractivity contribution in [3.63, 3.8) is 0 Å². The van der Waals surface area contributed by atoms with Gasteiger partial charge in [-0.1, -0.05) is 13.8 Å². The van der Waals surface area contributed by atoms with Crippen molar-refractivity contribution in [3.05, 3.63) is 29.6 Å². The zero-order chi connectivity index (χ0) is 11.4. The van der Waals surface area contributed by atoms with Crippen LogP contribution in [0.2, 0.25) is 0 Å². The predicted octanol–water partition coefficient (Wildman–Crippen LogP) is 3.30. The van der Waals surface area contributed by atoms with E-state index in [4.69, 9.17) is 10.5 Å². The van der Waals surface area contributed by atoms with Gasteiger partial charge in [0.1, 0.15) is 11.6 Å². The molecule has 1 aromatic rings. The Morgan fingerprint density at radius 1 is 1.38 bits per heavy atom. The summed E-state index contributed by atoms with van der Waals surface area (Å²) in [4.78, 5) is 0. The molecular formula is C12H19ClFNO. The highest BCUT2D eigenvalue weighted by Crippen LogP contribution is 2.28. The van der Waals surface area contributed by atoms with E-state index in [0.717, 1.165) is 12.0 Å².